The highest BCUT2D eigenvalue weighted by molar-refractivity contribution is 6.30. The van der Waals surface area contributed by atoms with Gasteiger partial charge in [0.2, 0.25) is 6.35 Å². The molecule has 1 N–H and O–H groups in total. The molecule has 0 fully saturated rings. The van der Waals surface area contributed by atoms with E-state index in [-0.39, 0.29) is 5.97 Å². The molecular weight excluding hydrogens is 428 g/mol. The summed E-state index contributed by atoms with van der Waals surface area (Å²) < 4.78 is 12.9. The number of fused-ring (bicyclic) bond motifs is 1. The first-order chi connectivity index (χ1) is 15.6. The standard InChI is InChI=1S/C24H23ClN4O3/c1-3-31-23(30)19-6-5-7-20-22(19)28(24(27-20)32-4-2)15-16-8-10-17(11-9-16)29-18(14-26)12-13-21(29)25/h5-13,24,27H,3-4,15H2,1-2H3. The normalized spacial score (nSPS) is 14.6. The van der Waals surface area contributed by atoms with Gasteiger partial charge in [-0.25, -0.2) is 4.79 Å². The Morgan fingerprint density at radius 1 is 1.12 bits per heavy atom. The van der Waals surface area contributed by atoms with Gasteiger partial charge in [0.05, 0.1) is 23.5 Å². The van der Waals surface area contributed by atoms with Crippen molar-refractivity contribution >= 4 is 28.9 Å². The molecule has 1 unspecified atom stereocenters. The minimum absolute atomic E-state index is 0.304. The minimum Gasteiger partial charge on any atom is -0.462 e. The van der Waals surface area contributed by atoms with Crippen LogP contribution in [-0.4, -0.2) is 30.1 Å². The minimum atomic E-state index is -0.408. The molecule has 0 bridgehead atoms. The molecule has 0 saturated heterocycles. The maximum Gasteiger partial charge on any atom is 0.340 e. The third-order valence-electron chi connectivity index (χ3n) is 5.20. The summed E-state index contributed by atoms with van der Waals surface area (Å²) in [4.78, 5) is 14.6. The van der Waals surface area contributed by atoms with E-state index in [1.165, 1.54) is 0 Å². The van der Waals surface area contributed by atoms with E-state index in [1.54, 1.807) is 29.7 Å². The quantitative estimate of drug-likeness (QED) is 0.514. The fourth-order valence-electron chi connectivity index (χ4n) is 3.83. The predicted octanol–water partition coefficient (Wildman–Crippen LogP) is 4.93. The van der Waals surface area contributed by atoms with Crippen LogP contribution in [0.15, 0.2) is 54.6 Å². The highest BCUT2D eigenvalue weighted by Gasteiger charge is 2.33. The average molecular weight is 451 g/mol. The average Bonchev–Trinajstić information content (AvgIpc) is 3.34. The summed E-state index contributed by atoms with van der Waals surface area (Å²) in [5.74, 6) is -0.366. The fourth-order valence-corrected chi connectivity index (χ4v) is 4.08. The van der Waals surface area contributed by atoms with E-state index in [4.69, 9.17) is 21.1 Å². The second-order valence-corrected chi connectivity index (χ2v) is 7.54. The molecule has 1 atom stereocenters. The van der Waals surface area contributed by atoms with Crippen LogP contribution in [0.5, 0.6) is 0 Å². The molecule has 2 aromatic carbocycles. The molecule has 164 valence electrons. The molecule has 2 heterocycles. The lowest BCUT2D eigenvalue weighted by Gasteiger charge is -2.27. The lowest BCUT2D eigenvalue weighted by molar-refractivity contribution is 0.0525. The summed E-state index contributed by atoms with van der Waals surface area (Å²) in [7, 11) is 0. The Morgan fingerprint density at radius 2 is 1.91 bits per heavy atom. The summed E-state index contributed by atoms with van der Waals surface area (Å²) in [5.41, 5.74) is 4.35. The molecule has 0 amide bonds. The van der Waals surface area contributed by atoms with Crippen LogP contribution in [0.25, 0.3) is 5.69 Å². The number of benzene rings is 2. The van der Waals surface area contributed by atoms with Crippen molar-refractivity contribution in [2.75, 3.05) is 23.4 Å². The monoisotopic (exact) mass is 450 g/mol. The molecule has 1 aliphatic heterocycles. The molecule has 0 aliphatic carbocycles. The largest absolute Gasteiger partial charge is 0.462 e. The van der Waals surface area contributed by atoms with Gasteiger partial charge in [0.1, 0.15) is 16.9 Å². The Balaban J connectivity index is 1.66. The van der Waals surface area contributed by atoms with Gasteiger partial charge in [-0.05, 0) is 55.8 Å². The predicted molar refractivity (Wildman–Crippen MR) is 123 cm³/mol. The number of anilines is 2. The number of carbonyl (C=O) groups excluding carboxylic acids is 1. The lowest BCUT2D eigenvalue weighted by atomic mass is 10.1. The van der Waals surface area contributed by atoms with Crippen LogP contribution in [0.3, 0.4) is 0 Å². The number of ether oxygens (including phenoxy) is 2. The number of nitrogens with zero attached hydrogens (tertiary/aromatic N) is 3. The Bertz CT molecular complexity index is 1170. The maximum atomic E-state index is 12.6. The van der Waals surface area contributed by atoms with E-state index >= 15 is 0 Å². The van der Waals surface area contributed by atoms with Crippen molar-refractivity contribution in [1.29, 1.82) is 5.26 Å². The van der Waals surface area contributed by atoms with E-state index in [9.17, 15) is 10.1 Å². The number of carbonyl (C=O) groups is 1. The van der Waals surface area contributed by atoms with Gasteiger partial charge in [-0.2, -0.15) is 5.26 Å². The summed E-state index contributed by atoms with van der Waals surface area (Å²) in [6, 6.07) is 18.8. The summed E-state index contributed by atoms with van der Waals surface area (Å²) >= 11 is 6.25. The van der Waals surface area contributed by atoms with Crippen molar-refractivity contribution in [3.05, 3.63) is 76.6 Å². The van der Waals surface area contributed by atoms with Gasteiger partial charge in [-0.15, -0.1) is 0 Å². The summed E-state index contributed by atoms with van der Waals surface area (Å²) in [6.07, 6.45) is -0.408. The van der Waals surface area contributed by atoms with Gasteiger partial charge in [0.25, 0.3) is 0 Å². The smallest absolute Gasteiger partial charge is 0.340 e. The van der Waals surface area contributed by atoms with Gasteiger partial charge in [-0.3, -0.25) is 4.57 Å². The van der Waals surface area contributed by atoms with Crippen LogP contribution in [0.1, 0.15) is 35.5 Å². The highest BCUT2D eigenvalue weighted by atomic mass is 35.5. The van der Waals surface area contributed by atoms with Crippen molar-refractivity contribution in [2.45, 2.75) is 26.7 Å². The van der Waals surface area contributed by atoms with Gasteiger partial charge >= 0.3 is 5.97 Å². The molecule has 0 radical (unpaired) electrons. The number of esters is 1. The van der Waals surface area contributed by atoms with Crippen molar-refractivity contribution < 1.29 is 14.3 Å². The number of para-hydroxylation sites is 1. The first-order valence-electron chi connectivity index (χ1n) is 10.4. The van der Waals surface area contributed by atoms with Crippen LogP contribution < -0.4 is 10.2 Å². The molecule has 4 rings (SSSR count). The van der Waals surface area contributed by atoms with Crippen LogP contribution in [-0.2, 0) is 16.0 Å². The molecule has 7 nitrogen and oxygen atoms in total. The van der Waals surface area contributed by atoms with E-state index in [0.29, 0.717) is 36.2 Å². The second kappa shape index (κ2) is 9.35. The van der Waals surface area contributed by atoms with Crippen molar-refractivity contribution in [1.82, 2.24) is 4.57 Å². The molecule has 3 aromatic rings. The van der Waals surface area contributed by atoms with E-state index in [1.807, 2.05) is 48.2 Å². The van der Waals surface area contributed by atoms with Gasteiger partial charge in [-0.1, -0.05) is 29.8 Å². The van der Waals surface area contributed by atoms with Gasteiger partial charge in [0.15, 0.2) is 0 Å². The zero-order valence-corrected chi connectivity index (χ0v) is 18.6. The van der Waals surface area contributed by atoms with E-state index < -0.39 is 6.35 Å². The number of nitrogens with one attached hydrogen (secondary N) is 1. The van der Waals surface area contributed by atoms with Crippen molar-refractivity contribution in [2.24, 2.45) is 0 Å². The van der Waals surface area contributed by atoms with Crippen LogP contribution in [0.4, 0.5) is 11.4 Å². The van der Waals surface area contributed by atoms with Crippen LogP contribution in [0, 0.1) is 11.3 Å². The zero-order valence-electron chi connectivity index (χ0n) is 17.8. The lowest BCUT2D eigenvalue weighted by Crippen LogP contribution is -2.38. The van der Waals surface area contributed by atoms with E-state index in [0.717, 1.165) is 22.6 Å². The molecule has 0 spiro atoms. The zero-order chi connectivity index (χ0) is 22.7. The number of rotatable bonds is 7. The third kappa shape index (κ3) is 4.03. The molecular formula is C24H23ClN4O3. The Morgan fingerprint density at radius 3 is 2.59 bits per heavy atom. The number of hydrogen-bond acceptors (Lipinski definition) is 6. The first-order valence-corrected chi connectivity index (χ1v) is 10.8. The number of nitriles is 1. The molecule has 8 heteroatoms. The SMILES string of the molecule is CCOC(=O)c1cccc2c1N(Cc1ccc(-n3c(Cl)ccc3C#N)cc1)C(OCC)N2. The third-order valence-corrected chi connectivity index (χ3v) is 5.50. The Labute approximate surface area is 191 Å². The van der Waals surface area contributed by atoms with Crippen molar-refractivity contribution in [3.8, 4) is 11.8 Å². The molecule has 0 saturated carbocycles. The van der Waals surface area contributed by atoms with Crippen LogP contribution >= 0.6 is 11.6 Å². The van der Waals surface area contributed by atoms with Gasteiger partial charge < -0.3 is 19.7 Å². The molecule has 32 heavy (non-hydrogen) atoms. The van der Waals surface area contributed by atoms with E-state index in [2.05, 4.69) is 11.4 Å². The van der Waals surface area contributed by atoms with Crippen molar-refractivity contribution in [3.63, 3.8) is 0 Å². The number of hydrogen-bond donors (Lipinski definition) is 1. The maximum absolute atomic E-state index is 12.6. The topological polar surface area (TPSA) is 79.5 Å². The van der Waals surface area contributed by atoms with Crippen LogP contribution in [0.2, 0.25) is 5.15 Å². The van der Waals surface area contributed by atoms with Gasteiger partial charge in [0, 0.05) is 18.8 Å². The molecule has 1 aromatic heterocycles. The number of halogens is 1. The Kier molecular flexibility index (Phi) is 6.35. The molecule has 1 aliphatic rings. The fraction of sp³-hybridized carbons (Fsp3) is 0.250. The second-order valence-electron chi connectivity index (χ2n) is 7.16. The number of aromatic nitrogens is 1. The highest BCUT2D eigenvalue weighted by Crippen LogP contribution is 2.39. The summed E-state index contributed by atoms with van der Waals surface area (Å²) in [5, 5.41) is 13.1. The Hall–Kier alpha value is -3.47. The first kappa shape index (κ1) is 21.8. The summed E-state index contributed by atoms with van der Waals surface area (Å²) in [6.45, 7) is 5.04.